The Morgan fingerprint density at radius 1 is 1.57 bits per heavy atom. The molecule has 0 aromatic heterocycles. The Morgan fingerprint density at radius 2 is 2.29 bits per heavy atom. The van der Waals surface area contributed by atoms with Gasteiger partial charge in [-0.15, -0.1) is 0 Å². The first kappa shape index (κ1) is 10.6. The third-order valence-electron chi connectivity index (χ3n) is 1.74. The number of nitrogens with one attached hydrogen (secondary N) is 1. The highest BCUT2D eigenvalue weighted by Gasteiger charge is 2.03. The smallest absolute Gasteiger partial charge is 0.144 e. The maximum atomic E-state index is 12.8. The zero-order chi connectivity index (χ0) is 10.6. The van der Waals surface area contributed by atoms with Gasteiger partial charge in [0.1, 0.15) is 11.6 Å². The second-order valence-corrected chi connectivity index (χ2v) is 3.16. The summed E-state index contributed by atoms with van der Waals surface area (Å²) in [5, 5.41) is 3.10. The molecule has 14 heavy (non-hydrogen) atoms. The summed E-state index contributed by atoms with van der Waals surface area (Å²) in [4.78, 5) is 0. The fraction of sp³-hybridized carbons (Fsp3) is 0.273. The fourth-order valence-electron chi connectivity index (χ4n) is 1.06. The first-order valence-corrected chi connectivity index (χ1v) is 4.35. The highest BCUT2D eigenvalue weighted by molar-refractivity contribution is 5.56. The standard InChI is InChI=1S/C11H14FNO/c1-8(2)7-13-10-5-4-9(12)6-11(10)14-3/h4-6,13H,1,7H2,2-3H3. The summed E-state index contributed by atoms with van der Waals surface area (Å²) < 4.78 is 17.8. The molecule has 0 radical (unpaired) electrons. The number of methoxy groups -OCH3 is 1. The summed E-state index contributed by atoms with van der Waals surface area (Å²) in [6.07, 6.45) is 0. The van der Waals surface area contributed by atoms with Crippen LogP contribution in [0, 0.1) is 5.82 Å². The SMILES string of the molecule is C=C(C)CNc1ccc(F)cc1OC. The second kappa shape index (κ2) is 4.65. The van der Waals surface area contributed by atoms with Crippen LogP contribution >= 0.6 is 0 Å². The first-order valence-electron chi connectivity index (χ1n) is 4.35. The van der Waals surface area contributed by atoms with Crippen molar-refractivity contribution in [3.8, 4) is 5.75 Å². The van der Waals surface area contributed by atoms with Crippen LogP contribution in [0.3, 0.4) is 0 Å². The molecule has 1 rings (SSSR count). The zero-order valence-corrected chi connectivity index (χ0v) is 8.43. The lowest BCUT2D eigenvalue weighted by Crippen LogP contribution is -2.03. The predicted molar refractivity (Wildman–Crippen MR) is 56.3 cm³/mol. The summed E-state index contributed by atoms with van der Waals surface area (Å²) in [6.45, 7) is 6.34. The van der Waals surface area contributed by atoms with Crippen LogP contribution in [-0.4, -0.2) is 13.7 Å². The van der Waals surface area contributed by atoms with Gasteiger partial charge in [0.2, 0.25) is 0 Å². The van der Waals surface area contributed by atoms with E-state index in [1.165, 1.54) is 19.2 Å². The molecule has 1 aromatic rings. The van der Waals surface area contributed by atoms with Gasteiger partial charge in [-0.2, -0.15) is 0 Å². The molecule has 0 atom stereocenters. The number of hydrogen-bond donors (Lipinski definition) is 1. The summed E-state index contributed by atoms with van der Waals surface area (Å²) in [6, 6.07) is 4.39. The average molecular weight is 195 g/mol. The van der Waals surface area contributed by atoms with E-state index in [4.69, 9.17) is 4.74 Å². The number of anilines is 1. The fourth-order valence-corrected chi connectivity index (χ4v) is 1.06. The van der Waals surface area contributed by atoms with Crippen molar-refractivity contribution >= 4 is 5.69 Å². The summed E-state index contributed by atoms with van der Waals surface area (Å²) >= 11 is 0. The highest BCUT2D eigenvalue weighted by Crippen LogP contribution is 2.24. The number of benzene rings is 1. The molecular formula is C11H14FNO. The average Bonchev–Trinajstić information content (AvgIpc) is 2.15. The minimum Gasteiger partial charge on any atom is -0.494 e. The highest BCUT2D eigenvalue weighted by atomic mass is 19.1. The maximum Gasteiger partial charge on any atom is 0.144 e. The Labute approximate surface area is 83.4 Å². The molecule has 2 nitrogen and oxygen atoms in total. The van der Waals surface area contributed by atoms with Crippen LogP contribution in [0.5, 0.6) is 5.75 Å². The molecule has 0 aliphatic carbocycles. The number of rotatable bonds is 4. The van der Waals surface area contributed by atoms with Crippen molar-refractivity contribution in [1.82, 2.24) is 0 Å². The minimum atomic E-state index is -0.303. The van der Waals surface area contributed by atoms with Crippen LogP contribution < -0.4 is 10.1 Å². The van der Waals surface area contributed by atoms with E-state index >= 15 is 0 Å². The normalized spacial score (nSPS) is 9.64. The minimum absolute atomic E-state index is 0.303. The number of halogens is 1. The summed E-state index contributed by atoms with van der Waals surface area (Å²) in [5.41, 5.74) is 1.79. The molecule has 0 saturated heterocycles. The van der Waals surface area contributed by atoms with Crippen LogP contribution in [0.2, 0.25) is 0 Å². The molecule has 0 fully saturated rings. The van der Waals surface area contributed by atoms with Gasteiger partial charge in [0.15, 0.2) is 0 Å². The molecule has 0 spiro atoms. The van der Waals surface area contributed by atoms with E-state index < -0.39 is 0 Å². The number of hydrogen-bond acceptors (Lipinski definition) is 2. The lowest BCUT2D eigenvalue weighted by atomic mass is 10.2. The Bertz CT molecular complexity index is 336. The molecule has 3 heteroatoms. The first-order chi connectivity index (χ1) is 6.63. The van der Waals surface area contributed by atoms with Crippen molar-refractivity contribution in [3.63, 3.8) is 0 Å². The lowest BCUT2D eigenvalue weighted by Gasteiger charge is -2.10. The van der Waals surface area contributed by atoms with Gasteiger partial charge in [-0.25, -0.2) is 4.39 Å². The van der Waals surface area contributed by atoms with Crippen LogP contribution in [0.25, 0.3) is 0 Å². The molecule has 1 N–H and O–H groups in total. The Hall–Kier alpha value is -1.51. The van der Waals surface area contributed by atoms with Crippen molar-refractivity contribution in [2.45, 2.75) is 6.92 Å². The van der Waals surface area contributed by atoms with E-state index in [0.29, 0.717) is 12.3 Å². The van der Waals surface area contributed by atoms with Crippen molar-refractivity contribution in [2.24, 2.45) is 0 Å². The van der Waals surface area contributed by atoms with E-state index in [2.05, 4.69) is 11.9 Å². The maximum absolute atomic E-state index is 12.8. The Balaban J connectivity index is 2.80. The lowest BCUT2D eigenvalue weighted by molar-refractivity contribution is 0.413. The van der Waals surface area contributed by atoms with Crippen LogP contribution in [0.4, 0.5) is 10.1 Å². The van der Waals surface area contributed by atoms with E-state index in [9.17, 15) is 4.39 Å². The van der Waals surface area contributed by atoms with Crippen LogP contribution in [0.1, 0.15) is 6.92 Å². The number of ether oxygens (including phenoxy) is 1. The second-order valence-electron chi connectivity index (χ2n) is 3.16. The molecule has 0 bridgehead atoms. The third kappa shape index (κ3) is 2.76. The van der Waals surface area contributed by atoms with Crippen molar-refractivity contribution in [1.29, 1.82) is 0 Å². The molecule has 0 aliphatic rings. The van der Waals surface area contributed by atoms with Gasteiger partial charge in [-0.05, 0) is 19.1 Å². The molecular weight excluding hydrogens is 181 g/mol. The topological polar surface area (TPSA) is 21.3 Å². The van der Waals surface area contributed by atoms with Gasteiger partial charge in [0.25, 0.3) is 0 Å². The van der Waals surface area contributed by atoms with Crippen molar-refractivity contribution in [2.75, 3.05) is 19.0 Å². The van der Waals surface area contributed by atoms with Gasteiger partial charge in [-0.3, -0.25) is 0 Å². The van der Waals surface area contributed by atoms with Gasteiger partial charge in [-0.1, -0.05) is 12.2 Å². The Morgan fingerprint density at radius 3 is 2.86 bits per heavy atom. The molecule has 0 heterocycles. The third-order valence-corrected chi connectivity index (χ3v) is 1.74. The van der Waals surface area contributed by atoms with Gasteiger partial charge >= 0.3 is 0 Å². The van der Waals surface area contributed by atoms with Crippen LogP contribution in [0.15, 0.2) is 30.4 Å². The van der Waals surface area contributed by atoms with Gasteiger partial charge < -0.3 is 10.1 Å². The predicted octanol–water partition coefficient (Wildman–Crippen LogP) is 2.82. The van der Waals surface area contributed by atoms with Crippen molar-refractivity contribution in [3.05, 3.63) is 36.2 Å². The monoisotopic (exact) mass is 195 g/mol. The molecule has 76 valence electrons. The van der Waals surface area contributed by atoms with E-state index in [0.717, 1.165) is 11.3 Å². The summed E-state index contributed by atoms with van der Waals surface area (Å²) in [7, 11) is 1.51. The van der Waals surface area contributed by atoms with Crippen molar-refractivity contribution < 1.29 is 9.13 Å². The largest absolute Gasteiger partial charge is 0.494 e. The molecule has 1 aromatic carbocycles. The molecule has 0 aliphatic heterocycles. The van der Waals surface area contributed by atoms with Gasteiger partial charge in [0.05, 0.1) is 12.8 Å². The summed E-state index contributed by atoms with van der Waals surface area (Å²) in [5.74, 6) is 0.203. The van der Waals surface area contributed by atoms with E-state index in [-0.39, 0.29) is 5.82 Å². The molecule has 0 amide bonds. The van der Waals surface area contributed by atoms with Crippen LogP contribution in [-0.2, 0) is 0 Å². The van der Waals surface area contributed by atoms with E-state index in [1.807, 2.05) is 6.92 Å². The van der Waals surface area contributed by atoms with Gasteiger partial charge in [0, 0.05) is 12.6 Å². The molecule has 0 unspecified atom stereocenters. The zero-order valence-electron chi connectivity index (χ0n) is 8.43. The molecule has 0 saturated carbocycles. The van der Waals surface area contributed by atoms with E-state index in [1.54, 1.807) is 6.07 Å². The Kier molecular flexibility index (Phi) is 3.51. The quantitative estimate of drug-likeness (QED) is 0.746.